The molecule has 0 aliphatic carbocycles. The van der Waals surface area contributed by atoms with Gasteiger partial charge in [0, 0.05) is 0 Å². The van der Waals surface area contributed by atoms with Crippen LogP contribution in [0.5, 0.6) is 5.75 Å². The van der Waals surface area contributed by atoms with E-state index in [-0.39, 0.29) is 17.5 Å². The molecule has 2 aromatic carbocycles. The van der Waals surface area contributed by atoms with Crippen molar-refractivity contribution >= 4 is 28.3 Å². The van der Waals surface area contributed by atoms with Gasteiger partial charge < -0.3 is 14.5 Å². The maximum absolute atomic E-state index is 11.9. The van der Waals surface area contributed by atoms with Gasteiger partial charge in [0.05, 0.1) is 12.4 Å². The number of hydrogen-bond acceptors (Lipinski definition) is 3. The monoisotopic (exact) mass is 329 g/mol. The maximum atomic E-state index is 11.9. The Morgan fingerprint density at radius 1 is 1.09 bits per heavy atom. The molecule has 23 heavy (non-hydrogen) atoms. The molecule has 1 N–H and O–H groups in total. The minimum atomic E-state index is -0.275. The molecule has 0 fully saturated rings. The second-order valence-electron chi connectivity index (χ2n) is 5.01. The van der Waals surface area contributed by atoms with E-state index in [0.29, 0.717) is 18.9 Å². The van der Waals surface area contributed by atoms with Crippen molar-refractivity contribution in [2.24, 2.45) is 0 Å². The lowest BCUT2D eigenvalue weighted by Gasteiger charge is -2.08. The highest BCUT2D eigenvalue weighted by molar-refractivity contribution is 6.16. The molecule has 0 saturated heterocycles. The Morgan fingerprint density at radius 3 is 2.70 bits per heavy atom. The van der Waals surface area contributed by atoms with Crippen molar-refractivity contribution in [2.75, 3.05) is 13.2 Å². The van der Waals surface area contributed by atoms with Crippen LogP contribution in [-0.2, 0) is 5.88 Å². The Hall–Kier alpha value is -2.46. The molecule has 0 saturated carbocycles. The first-order chi connectivity index (χ1) is 11.3. The summed E-state index contributed by atoms with van der Waals surface area (Å²) >= 11 is 5.64. The summed E-state index contributed by atoms with van der Waals surface area (Å²) in [5, 5.41) is 5.03. The Kier molecular flexibility index (Phi) is 4.83. The van der Waals surface area contributed by atoms with Crippen molar-refractivity contribution in [1.82, 2.24) is 5.32 Å². The third kappa shape index (κ3) is 3.85. The smallest absolute Gasteiger partial charge is 0.287 e. The Morgan fingerprint density at radius 2 is 1.91 bits per heavy atom. The van der Waals surface area contributed by atoms with E-state index < -0.39 is 0 Å². The predicted molar refractivity (Wildman–Crippen MR) is 90.0 cm³/mol. The van der Waals surface area contributed by atoms with E-state index in [9.17, 15) is 4.79 Å². The first-order valence-corrected chi connectivity index (χ1v) is 7.84. The molecule has 5 heteroatoms. The number of furan rings is 1. The molecule has 0 spiro atoms. The SMILES string of the molecule is O=C(NCCOc1ccc2ccccc2c1)c1ccc(CCl)o1. The summed E-state index contributed by atoms with van der Waals surface area (Å²) in [7, 11) is 0. The summed E-state index contributed by atoms with van der Waals surface area (Å²) < 4.78 is 10.9. The fourth-order valence-corrected chi connectivity index (χ4v) is 2.39. The van der Waals surface area contributed by atoms with Gasteiger partial charge in [-0.2, -0.15) is 0 Å². The van der Waals surface area contributed by atoms with Crippen LogP contribution in [0.25, 0.3) is 10.8 Å². The van der Waals surface area contributed by atoms with Crippen molar-refractivity contribution in [3.63, 3.8) is 0 Å². The van der Waals surface area contributed by atoms with Gasteiger partial charge in [-0.25, -0.2) is 0 Å². The molecular weight excluding hydrogens is 314 g/mol. The zero-order valence-corrected chi connectivity index (χ0v) is 13.2. The molecule has 1 heterocycles. The van der Waals surface area contributed by atoms with E-state index in [2.05, 4.69) is 11.4 Å². The van der Waals surface area contributed by atoms with Crippen LogP contribution >= 0.6 is 11.6 Å². The van der Waals surface area contributed by atoms with Gasteiger partial charge in [-0.05, 0) is 35.0 Å². The van der Waals surface area contributed by atoms with Crippen molar-refractivity contribution in [2.45, 2.75) is 5.88 Å². The number of amides is 1. The zero-order valence-electron chi connectivity index (χ0n) is 12.4. The summed E-state index contributed by atoms with van der Waals surface area (Å²) in [5.74, 6) is 1.58. The molecule has 0 aliphatic rings. The highest BCUT2D eigenvalue weighted by atomic mass is 35.5. The second kappa shape index (κ2) is 7.20. The van der Waals surface area contributed by atoms with E-state index in [1.54, 1.807) is 12.1 Å². The van der Waals surface area contributed by atoms with Gasteiger partial charge >= 0.3 is 0 Å². The molecular formula is C18H16ClNO3. The average molecular weight is 330 g/mol. The molecule has 118 valence electrons. The number of rotatable bonds is 6. The van der Waals surface area contributed by atoms with E-state index >= 15 is 0 Å². The lowest BCUT2D eigenvalue weighted by molar-refractivity contribution is 0.0918. The Balaban J connectivity index is 1.49. The zero-order chi connectivity index (χ0) is 16.1. The topological polar surface area (TPSA) is 51.5 Å². The number of halogens is 1. The molecule has 4 nitrogen and oxygen atoms in total. The highest BCUT2D eigenvalue weighted by Gasteiger charge is 2.10. The molecule has 0 atom stereocenters. The number of nitrogens with one attached hydrogen (secondary N) is 1. The van der Waals surface area contributed by atoms with Gasteiger partial charge in [0.2, 0.25) is 0 Å². The third-order valence-corrected chi connectivity index (χ3v) is 3.66. The van der Waals surface area contributed by atoms with Crippen LogP contribution in [0.15, 0.2) is 59.0 Å². The minimum absolute atomic E-state index is 0.248. The number of hydrogen-bond donors (Lipinski definition) is 1. The van der Waals surface area contributed by atoms with Gasteiger partial charge in [-0.3, -0.25) is 4.79 Å². The standard InChI is InChI=1S/C18H16ClNO3/c19-12-16-7-8-17(23-16)18(21)20-9-10-22-15-6-5-13-3-1-2-4-14(13)11-15/h1-8,11H,9-10,12H2,(H,20,21). The largest absolute Gasteiger partial charge is 0.492 e. The number of alkyl halides is 1. The average Bonchev–Trinajstić information content (AvgIpc) is 3.07. The van der Waals surface area contributed by atoms with E-state index in [1.807, 2.05) is 36.4 Å². The first kappa shape index (κ1) is 15.4. The second-order valence-corrected chi connectivity index (χ2v) is 5.28. The van der Waals surface area contributed by atoms with E-state index in [0.717, 1.165) is 11.1 Å². The third-order valence-electron chi connectivity index (χ3n) is 3.39. The Bertz CT molecular complexity index is 813. The molecule has 0 unspecified atom stereocenters. The minimum Gasteiger partial charge on any atom is -0.492 e. The number of carbonyl (C=O) groups is 1. The van der Waals surface area contributed by atoms with Gasteiger partial charge in [0.15, 0.2) is 5.76 Å². The molecule has 0 bridgehead atoms. The van der Waals surface area contributed by atoms with Crippen LogP contribution in [0, 0.1) is 0 Å². The maximum Gasteiger partial charge on any atom is 0.287 e. The van der Waals surface area contributed by atoms with Crippen LogP contribution in [0.3, 0.4) is 0 Å². The lowest BCUT2D eigenvalue weighted by atomic mass is 10.1. The van der Waals surface area contributed by atoms with Gasteiger partial charge in [-0.1, -0.05) is 30.3 Å². The van der Waals surface area contributed by atoms with E-state index in [1.165, 1.54) is 5.39 Å². The van der Waals surface area contributed by atoms with Gasteiger partial charge in [-0.15, -0.1) is 11.6 Å². The van der Waals surface area contributed by atoms with Crippen molar-refractivity contribution in [3.05, 3.63) is 66.1 Å². The lowest BCUT2D eigenvalue weighted by Crippen LogP contribution is -2.27. The van der Waals surface area contributed by atoms with Crippen molar-refractivity contribution < 1.29 is 13.9 Å². The van der Waals surface area contributed by atoms with Gasteiger partial charge in [0.25, 0.3) is 5.91 Å². The van der Waals surface area contributed by atoms with Crippen LogP contribution in [-0.4, -0.2) is 19.1 Å². The van der Waals surface area contributed by atoms with Crippen LogP contribution in [0.4, 0.5) is 0 Å². The normalized spacial score (nSPS) is 10.7. The van der Waals surface area contributed by atoms with Crippen LogP contribution in [0.2, 0.25) is 0 Å². The first-order valence-electron chi connectivity index (χ1n) is 7.31. The summed E-state index contributed by atoms with van der Waals surface area (Å²) in [5.41, 5.74) is 0. The fraction of sp³-hybridized carbons (Fsp3) is 0.167. The molecule has 3 rings (SSSR count). The number of fused-ring (bicyclic) bond motifs is 1. The number of benzene rings is 2. The van der Waals surface area contributed by atoms with Crippen LogP contribution in [0.1, 0.15) is 16.3 Å². The van der Waals surface area contributed by atoms with Crippen molar-refractivity contribution in [1.29, 1.82) is 0 Å². The quantitative estimate of drug-likeness (QED) is 0.549. The highest BCUT2D eigenvalue weighted by Crippen LogP contribution is 2.20. The van der Waals surface area contributed by atoms with Crippen LogP contribution < -0.4 is 10.1 Å². The fourth-order valence-electron chi connectivity index (χ4n) is 2.25. The molecule has 1 aromatic heterocycles. The molecule has 0 radical (unpaired) electrons. The molecule has 1 amide bonds. The molecule has 3 aromatic rings. The Labute approximate surface area is 139 Å². The van der Waals surface area contributed by atoms with Gasteiger partial charge in [0.1, 0.15) is 18.1 Å². The number of carbonyl (C=O) groups excluding carboxylic acids is 1. The predicted octanol–water partition coefficient (Wildman–Crippen LogP) is 3.98. The summed E-state index contributed by atoms with van der Waals surface area (Å²) in [4.78, 5) is 11.9. The summed E-state index contributed by atoms with van der Waals surface area (Å²) in [6.45, 7) is 0.774. The van der Waals surface area contributed by atoms with Crippen molar-refractivity contribution in [3.8, 4) is 5.75 Å². The summed E-state index contributed by atoms with van der Waals surface area (Å²) in [6.07, 6.45) is 0. The van der Waals surface area contributed by atoms with E-state index in [4.69, 9.17) is 20.8 Å². The molecule has 0 aliphatic heterocycles. The number of ether oxygens (including phenoxy) is 1. The summed E-state index contributed by atoms with van der Waals surface area (Å²) in [6, 6.07) is 17.3.